The zero-order chi connectivity index (χ0) is 11.0. The van der Waals surface area contributed by atoms with Crippen molar-refractivity contribution in [2.24, 2.45) is 0 Å². The number of nitrogens with zero attached hydrogens (tertiary/aromatic N) is 3. The summed E-state index contributed by atoms with van der Waals surface area (Å²) >= 11 is 0. The summed E-state index contributed by atoms with van der Waals surface area (Å²) in [4.78, 5) is 2.30. The predicted molar refractivity (Wildman–Crippen MR) is 59.0 cm³/mol. The Morgan fingerprint density at radius 2 is 2.25 bits per heavy atom. The van der Waals surface area contributed by atoms with Crippen LogP contribution in [0.25, 0.3) is 0 Å². The van der Waals surface area contributed by atoms with Gasteiger partial charge in [-0.2, -0.15) is 0 Å². The van der Waals surface area contributed by atoms with Crippen molar-refractivity contribution in [3.63, 3.8) is 0 Å². The van der Waals surface area contributed by atoms with Crippen LogP contribution in [0.2, 0.25) is 0 Å². The number of hydrogen-bond donors (Lipinski definition) is 1. The summed E-state index contributed by atoms with van der Waals surface area (Å²) in [6.07, 6.45) is 3.63. The number of rotatable bonds is 4. The minimum absolute atomic E-state index is 0.555. The van der Waals surface area contributed by atoms with Gasteiger partial charge >= 0.3 is 0 Å². The number of nitrogens with one attached hydrogen (secondary N) is 1. The van der Waals surface area contributed by atoms with Gasteiger partial charge in [0.1, 0.15) is 0 Å². The molecule has 0 aromatic carbocycles. The molecule has 1 aliphatic heterocycles. The Kier molecular flexibility index (Phi) is 2.65. The third kappa shape index (κ3) is 2.10. The van der Waals surface area contributed by atoms with E-state index in [0.29, 0.717) is 12.0 Å². The first-order valence-electron chi connectivity index (χ1n) is 6.06. The lowest BCUT2D eigenvalue weighted by molar-refractivity contribution is 0.223. The van der Waals surface area contributed by atoms with Gasteiger partial charge in [-0.1, -0.05) is 0 Å². The Hall–Kier alpha value is -0.940. The number of aromatic nitrogens is 2. The molecule has 88 valence electrons. The van der Waals surface area contributed by atoms with E-state index in [0.717, 1.165) is 31.4 Å². The van der Waals surface area contributed by atoms with Gasteiger partial charge in [-0.05, 0) is 32.9 Å². The van der Waals surface area contributed by atoms with Gasteiger partial charge in [0.25, 0.3) is 0 Å². The molecule has 0 amide bonds. The van der Waals surface area contributed by atoms with E-state index in [1.165, 1.54) is 19.3 Å². The summed E-state index contributed by atoms with van der Waals surface area (Å²) < 4.78 is 5.65. The van der Waals surface area contributed by atoms with Crippen LogP contribution in [0.5, 0.6) is 0 Å². The summed E-state index contributed by atoms with van der Waals surface area (Å²) in [5, 5.41) is 11.6. The predicted octanol–water partition coefficient (Wildman–Crippen LogP) is 0.741. The van der Waals surface area contributed by atoms with Crippen molar-refractivity contribution in [3.05, 3.63) is 11.8 Å². The molecule has 1 atom stereocenters. The van der Waals surface area contributed by atoms with Crippen molar-refractivity contribution in [3.8, 4) is 0 Å². The maximum absolute atomic E-state index is 5.65. The molecular formula is C11H18N4O. The van der Waals surface area contributed by atoms with Crippen molar-refractivity contribution >= 4 is 0 Å². The average molecular weight is 222 g/mol. The molecule has 2 fully saturated rings. The molecule has 1 aromatic heterocycles. The summed E-state index contributed by atoms with van der Waals surface area (Å²) in [5.41, 5.74) is 0. The topological polar surface area (TPSA) is 54.2 Å². The van der Waals surface area contributed by atoms with Gasteiger partial charge in [0, 0.05) is 18.5 Å². The highest BCUT2D eigenvalue weighted by atomic mass is 16.4. The van der Waals surface area contributed by atoms with Crippen LogP contribution in [0.15, 0.2) is 4.42 Å². The molecule has 0 radical (unpaired) electrons. The SMILES string of the molecule is CN(Cc1nnc(C2CC2)o1)[C@H]1CCNC1. The van der Waals surface area contributed by atoms with E-state index in [4.69, 9.17) is 4.42 Å². The van der Waals surface area contributed by atoms with Crippen molar-refractivity contribution in [2.75, 3.05) is 20.1 Å². The average Bonchev–Trinajstić information content (AvgIpc) is 2.82. The molecule has 1 aliphatic carbocycles. The normalized spacial score (nSPS) is 25.5. The van der Waals surface area contributed by atoms with E-state index < -0.39 is 0 Å². The van der Waals surface area contributed by atoms with Gasteiger partial charge in [0.05, 0.1) is 6.54 Å². The first-order valence-corrected chi connectivity index (χ1v) is 6.06. The Labute approximate surface area is 95.2 Å². The van der Waals surface area contributed by atoms with Gasteiger partial charge < -0.3 is 9.73 Å². The molecule has 5 nitrogen and oxygen atoms in total. The fourth-order valence-corrected chi connectivity index (χ4v) is 2.18. The van der Waals surface area contributed by atoms with Crippen LogP contribution in [0, 0.1) is 0 Å². The van der Waals surface area contributed by atoms with Gasteiger partial charge in [-0.3, -0.25) is 4.90 Å². The Bertz CT molecular complexity index is 355. The monoisotopic (exact) mass is 222 g/mol. The molecule has 0 bridgehead atoms. The third-order valence-corrected chi connectivity index (χ3v) is 3.45. The molecule has 5 heteroatoms. The van der Waals surface area contributed by atoms with E-state index in [9.17, 15) is 0 Å². The van der Waals surface area contributed by atoms with Crippen LogP contribution in [0.1, 0.15) is 37.0 Å². The zero-order valence-electron chi connectivity index (χ0n) is 9.65. The van der Waals surface area contributed by atoms with E-state index in [-0.39, 0.29) is 0 Å². The van der Waals surface area contributed by atoms with Crippen LogP contribution < -0.4 is 5.32 Å². The fourth-order valence-electron chi connectivity index (χ4n) is 2.18. The first kappa shape index (κ1) is 10.2. The fraction of sp³-hybridized carbons (Fsp3) is 0.818. The standard InChI is InChI=1S/C11H18N4O/c1-15(9-4-5-12-6-9)7-10-13-14-11(16-10)8-2-3-8/h8-9,12H,2-7H2,1H3/t9-/m0/s1. The maximum atomic E-state index is 5.65. The van der Waals surface area contributed by atoms with Crippen molar-refractivity contribution in [1.82, 2.24) is 20.4 Å². The number of hydrogen-bond acceptors (Lipinski definition) is 5. The van der Waals surface area contributed by atoms with Crippen molar-refractivity contribution in [2.45, 2.75) is 37.8 Å². The summed E-state index contributed by atoms with van der Waals surface area (Å²) in [6, 6.07) is 0.608. The Balaban J connectivity index is 1.59. The molecule has 1 N–H and O–H groups in total. The van der Waals surface area contributed by atoms with Gasteiger partial charge in [-0.25, -0.2) is 0 Å². The lowest BCUT2D eigenvalue weighted by Gasteiger charge is -2.21. The molecule has 16 heavy (non-hydrogen) atoms. The van der Waals surface area contributed by atoms with E-state index >= 15 is 0 Å². The molecule has 0 unspecified atom stereocenters. The molecule has 1 saturated heterocycles. The molecule has 1 aromatic rings. The van der Waals surface area contributed by atoms with Crippen LogP contribution in [0.4, 0.5) is 0 Å². The highest BCUT2D eigenvalue weighted by Crippen LogP contribution is 2.39. The minimum atomic E-state index is 0.555. The van der Waals surface area contributed by atoms with Crippen LogP contribution in [-0.4, -0.2) is 41.3 Å². The second-order valence-electron chi connectivity index (χ2n) is 4.87. The van der Waals surface area contributed by atoms with Crippen LogP contribution >= 0.6 is 0 Å². The first-order chi connectivity index (χ1) is 7.83. The molecule has 2 aliphatic rings. The quantitative estimate of drug-likeness (QED) is 0.814. The maximum Gasteiger partial charge on any atom is 0.230 e. The van der Waals surface area contributed by atoms with Gasteiger partial charge in [-0.15, -0.1) is 10.2 Å². The largest absolute Gasteiger partial charge is 0.424 e. The smallest absolute Gasteiger partial charge is 0.230 e. The van der Waals surface area contributed by atoms with E-state index in [2.05, 4.69) is 27.5 Å². The van der Waals surface area contributed by atoms with Crippen LogP contribution in [-0.2, 0) is 6.54 Å². The second-order valence-corrected chi connectivity index (χ2v) is 4.87. The molecule has 3 rings (SSSR count). The van der Waals surface area contributed by atoms with Gasteiger partial charge in [0.15, 0.2) is 0 Å². The Morgan fingerprint density at radius 1 is 1.38 bits per heavy atom. The molecule has 1 saturated carbocycles. The Morgan fingerprint density at radius 3 is 2.94 bits per heavy atom. The molecule has 2 heterocycles. The van der Waals surface area contributed by atoms with E-state index in [1.807, 2.05) is 0 Å². The van der Waals surface area contributed by atoms with Crippen LogP contribution in [0.3, 0.4) is 0 Å². The molecule has 0 spiro atoms. The highest BCUT2D eigenvalue weighted by Gasteiger charge is 2.29. The lowest BCUT2D eigenvalue weighted by atomic mass is 10.2. The highest BCUT2D eigenvalue weighted by molar-refractivity contribution is 5.00. The summed E-state index contributed by atoms with van der Waals surface area (Å²) in [6.45, 7) is 2.96. The third-order valence-electron chi connectivity index (χ3n) is 3.45. The second kappa shape index (κ2) is 4.14. The van der Waals surface area contributed by atoms with E-state index in [1.54, 1.807) is 0 Å². The summed E-state index contributed by atoms with van der Waals surface area (Å²) in [5.74, 6) is 2.16. The van der Waals surface area contributed by atoms with Crippen molar-refractivity contribution in [1.29, 1.82) is 0 Å². The lowest BCUT2D eigenvalue weighted by Crippen LogP contribution is -2.32. The van der Waals surface area contributed by atoms with Gasteiger partial charge in [0.2, 0.25) is 11.8 Å². The number of likely N-dealkylation sites (N-methyl/N-ethyl adjacent to an activating group) is 1. The molecular weight excluding hydrogens is 204 g/mol. The van der Waals surface area contributed by atoms with Crippen molar-refractivity contribution < 1.29 is 4.42 Å². The minimum Gasteiger partial charge on any atom is -0.424 e. The summed E-state index contributed by atoms with van der Waals surface area (Å²) in [7, 11) is 2.12. The zero-order valence-corrected chi connectivity index (χ0v) is 9.65.